The van der Waals surface area contributed by atoms with E-state index < -0.39 is 35.7 Å². The molecule has 0 bridgehead atoms. The van der Waals surface area contributed by atoms with Crippen LogP contribution < -0.4 is 10.6 Å². The fraction of sp³-hybridized carbons (Fsp3) is 0.227. The fourth-order valence-corrected chi connectivity index (χ4v) is 3.11. The molecule has 1 heterocycles. The van der Waals surface area contributed by atoms with Crippen molar-refractivity contribution in [2.75, 3.05) is 0 Å². The molecule has 2 aromatic carbocycles. The van der Waals surface area contributed by atoms with E-state index in [1.165, 1.54) is 31.3 Å². The minimum absolute atomic E-state index is 0.106. The van der Waals surface area contributed by atoms with Crippen LogP contribution in [0.1, 0.15) is 18.2 Å². The van der Waals surface area contributed by atoms with E-state index in [4.69, 9.17) is 0 Å². The molecule has 160 valence electrons. The minimum atomic E-state index is -1.31. The monoisotopic (exact) mass is 424 g/mol. The lowest BCUT2D eigenvalue weighted by atomic mass is 10.0. The average molecular weight is 424 g/mol. The van der Waals surface area contributed by atoms with Crippen molar-refractivity contribution >= 4 is 28.8 Å². The van der Waals surface area contributed by atoms with Gasteiger partial charge in [0.1, 0.15) is 17.9 Å². The van der Waals surface area contributed by atoms with Crippen LogP contribution in [0.3, 0.4) is 0 Å². The third-order valence-corrected chi connectivity index (χ3v) is 4.60. The predicted octanol–water partition coefficient (Wildman–Crippen LogP) is 1.63. The quantitative estimate of drug-likeness (QED) is 0.505. The van der Waals surface area contributed by atoms with Gasteiger partial charge < -0.3 is 15.7 Å². The van der Waals surface area contributed by atoms with Crippen molar-refractivity contribution in [1.82, 2.24) is 20.6 Å². The van der Waals surface area contributed by atoms with Crippen LogP contribution >= 0.6 is 0 Å². The molecule has 9 heteroatoms. The number of carboxylic acids is 1. The van der Waals surface area contributed by atoms with Gasteiger partial charge in [-0.05, 0) is 23.8 Å². The van der Waals surface area contributed by atoms with Crippen molar-refractivity contribution in [3.8, 4) is 0 Å². The Morgan fingerprint density at radius 1 is 0.968 bits per heavy atom. The predicted molar refractivity (Wildman–Crippen MR) is 111 cm³/mol. The summed E-state index contributed by atoms with van der Waals surface area (Å²) in [4.78, 5) is 44.7. The molecule has 2 amide bonds. The van der Waals surface area contributed by atoms with Gasteiger partial charge in [-0.25, -0.2) is 14.2 Å². The van der Waals surface area contributed by atoms with E-state index in [1.807, 2.05) is 6.07 Å². The van der Waals surface area contributed by atoms with E-state index in [2.05, 4.69) is 20.6 Å². The smallest absolute Gasteiger partial charge is 0.326 e. The maximum absolute atomic E-state index is 14.0. The highest BCUT2D eigenvalue weighted by Crippen LogP contribution is 2.12. The highest BCUT2D eigenvalue weighted by Gasteiger charge is 2.27. The molecule has 31 heavy (non-hydrogen) atoms. The molecule has 0 saturated carbocycles. The van der Waals surface area contributed by atoms with Crippen molar-refractivity contribution in [3.05, 3.63) is 71.8 Å². The van der Waals surface area contributed by atoms with Gasteiger partial charge in [-0.1, -0.05) is 30.3 Å². The first-order valence-electron chi connectivity index (χ1n) is 9.58. The summed E-state index contributed by atoms with van der Waals surface area (Å²) in [5.41, 5.74) is 1.88. The Morgan fingerprint density at radius 3 is 2.32 bits per heavy atom. The average Bonchev–Trinajstić information content (AvgIpc) is 2.73. The number of hydrogen-bond donors (Lipinski definition) is 3. The van der Waals surface area contributed by atoms with Crippen molar-refractivity contribution in [2.45, 2.75) is 31.8 Å². The summed E-state index contributed by atoms with van der Waals surface area (Å²) < 4.78 is 14.0. The molecule has 8 nitrogen and oxygen atoms in total. The number of benzene rings is 2. The molecule has 1 aromatic heterocycles. The number of amides is 2. The summed E-state index contributed by atoms with van der Waals surface area (Å²) in [5.74, 6) is -3.02. The molecular weight excluding hydrogens is 403 g/mol. The van der Waals surface area contributed by atoms with Gasteiger partial charge in [0.25, 0.3) is 0 Å². The van der Waals surface area contributed by atoms with E-state index in [0.29, 0.717) is 16.7 Å². The first-order chi connectivity index (χ1) is 14.8. The second-order valence-corrected chi connectivity index (χ2v) is 7.00. The number of aliphatic carboxylic acids is 1. The van der Waals surface area contributed by atoms with Gasteiger partial charge in [0, 0.05) is 26.0 Å². The number of rotatable bonds is 8. The van der Waals surface area contributed by atoms with Gasteiger partial charge in [-0.2, -0.15) is 0 Å². The zero-order chi connectivity index (χ0) is 22.4. The molecule has 0 saturated heterocycles. The Morgan fingerprint density at radius 2 is 1.65 bits per heavy atom. The number of fused-ring (bicyclic) bond motifs is 1. The number of carboxylic acid groups (broad SMARTS) is 1. The molecule has 3 rings (SSSR count). The Labute approximate surface area is 177 Å². The zero-order valence-corrected chi connectivity index (χ0v) is 16.7. The number of aromatic nitrogens is 2. The van der Waals surface area contributed by atoms with Gasteiger partial charge in [0.15, 0.2) is 0 Å². The lowest BCUT2D eigenvalue weighted by Crippen LogP contribution is -2.52. The second kappa shape index (κ2) is 9.75. The van der Waals surface area contributed by atoms with Gasteiger partial charge >= 0.3 is 5.97 Å². The minimum Gasteiger partial charge on any atom is -0.480 e. The lowest BCUT2D eigenvalue weighted by molar-refractivity contribution is -0.142. The van der Waals surface area contributed by atoms with Crippen LogP contribution in [-0.4, -0.2) is 44.9 Å². The van der Waals surface area contributed by atoms with Crippen LogP contribution in [0, 0.1) is 5.82 Å². The molecular formula is C22H21FN4O4. The van der Waals surface area contributed by atoms with Crippen molar-refractivity contribution in [1.29, 1.82) is 0 Å². The van der Waals surface area contributed by atoms with Gasteiger partial charge in [0.05, 0.1) is 16.7 Å². The molecule has 3 N–H and O–H groups in total. The molecule has 2 atom stereocenters. The number of carbonyl (C=O) groups is 3. The molecule has 0 aliphatic carbocycles. The SMILES string of the molecule is CC(=O)N[C@H](Cc1ccccc1F)C(=O)N[C@H](Cc1cnc2ccccc2n1)C(=O)O. The van der Waals surface area contributed by atoms with Crippen LogP contribution in [0.25, 0.3) is 11.0 Å². The van der Waals surface area contributed by atoms with E-state index in [-0.39, 0.29) is 18.4 Å². The highest BCUT2D eigenvalue weighted by atomic mass is 19.1. The molecule has 0 fully saturated rings. The number of nitrogens with zero attached hydrogens (tertiary/aromatic N) is 2. The molecule has 0 aliphatic heterocycles. The third-order valence-electron chi connectivity index (χ3n) is 4.60. The van der Waals surface area contributed by atoms with Crippen molar-refractivity contribution in [2.24, 2.45) is 0 Å². The molecule has 0 radical (unpaired) electrons. The fourth-order valence-electron chi connectivity index (χ4n) is 3.11. The highest BCUT2D eigenvalue weighted by molar-refractivity contribution is 5.90. The maximum Gasteiger partial charge on any atom is 0.326 e. The molecule has 0 aliphatic rings. The van der Waals surface area contributed by atoms with Crippen LogP contribution in [0.15, 0.2) is 54.7 Å². The summed E-state index contributed by atoms with van der Waals surface area (Å²) in [6.45, 7) is 1.22. The summed E-state index contributed by atoms with van der Waals surface area (Å²) >= 11 is 0. The Hall–Kier alpha value is -3.88. The van der Waals surface area contributed by atoms with Gasteiger partial charge in [-0.15, -0.1) is 0 Å². The molecule has 3 aromatic rings. The standard InChI is InChI=1S/C22H21FN4O4/c1-13(28)25-19(10-14-6-2-3-7-16(14)23)21(29)27-20(22(30)31)11-15-12-24-17-8-4-5-9-18(17)26-15/h2-9,12,19-20H,10-11H2,1H3,(H,25,28)(H,27,29)(H,30,31)/t19-,20-/m1/s1. The molecule has 0 unspecified atom stereocenters. The normalized spacial score (nSPS) is 12.7. The van der Waals surface area contributed by atoms with E-state index in [1.54, 1.807) is 24.3 Å². The molecule has 0 spiro atoms. The summed E-state index contributed by atoms with van der Waals surface area (Å²) in [6.07, 6.45) is 1.22. The van der Waals surface area contributed by atoms with Crippen LogP contribution in [0.5, 0.6) is 0 Å². The first-order valence-corrected chi connectivity index (χ1v) is 9.58. The van der Waals surface area contributed by atoms with E-state index in [0.717, 1.165) is 0 Å². The Balaban J connectivity index is 1.76. The summed E-state index contributed by atoms with van der Waals surface area (Å²) in [7, 11) is 0. The van der Waals surface area contributed by atoms with Crippen molar-refractivity contribution < 1.29 is 23.9 Å². The largest absolute Gasteiger partial charge is 0.480 e. The van der Waals surface area contributed by atoms with Crippen LogP contribution in [0.2, 0.25) is 0 Å². The number of carbonyl (C=O) groups excluding carboxylic acids is 2. The van der Waals surface area contributed by atoms with Crippen LogP contribution in [0.4, 0.5) is 4.39 Å². The van der Waals surface area contributed by atoms with Crippen molar-refractivity contribution in [3.63, 3.8) is 0 Å². The first kappa shape index (κ1) is 21.8. The topological polar surface area (TPSA) is 121 Å². The Kier molecular flexibility index (Phi) is 6.86. The summed E-state index contributed by atoms with van der Waals surface area (Å²) in [5, 5.41) is 14.4. The third kappa shape index (κ3) is 5.81. The van der Waals surface area contributed by atoms with E-state index in [9.17, 15) is 23.9 Å². The summed E-state index contributed by atoms with van der Waals surface area (Å²) in [6, 6.07) is 10.6. The zero-order valence-electron chi connectivity index (χ0n) is 16.7. The van der Waals surface area contributed by atoms with Gasteiger partial charge in [-0.3, -0.25) is 14.6 Å². The van der Waals surface area contributed by atoms with Gasteiger partial charge in [0.2, 0.25) is 11.8 Å². The van der Waals surface area contributed by atoms with E-state index >= 15 is 0 Å². The number of para-hydroxylation sites is 2. The van der Waals surface area contributed by atoms with Crippen LogP contribution in [-0.2, 0) is 27.2 Å². The second-order valence-electron chi connectivity index (χ2n) is 7.00. The Bertz CT molecular complexity index is 1120. The number of halogens is 1. The lowest BCUT2D eigenvalue weighted by Gasteiger charge is -2.21. The number of hydrogen-bond acceptors (Lipinski definition) is 5. The number of nitrogens with one attached hydrogen (secondary N) is 2. The maximum atomic E-state index is 14.0.